The van der Waals surface area contributed by atoms with E-state index < -0.39 is 11.9 Å². The summed E-state index contributed by atoms with van der Waals surface area (Å²) in [5, 5.41) is 9.10. The van der Waals surface area contributed by atoms with Crippen LogP contribution in [-0.4, -0.2) is 33.4 Å². The van der Waals surface area contributed by atoms with Gasteiger partial charge in [-0.1, -0.05) is 0 Å². The minimum absolute atomic E-state index is 0.111. The molecule has 0 aliphatic carbocycles. The van der Waals surface area contributed by atoms with Gasteiger partial charge < -0.3 is 5.11 Å². The van der Waals surface area contributed by atoms with Crippen LogP contribution in [-0.2, 0) is 14.4 Å². The standard InChI is InChI=1S/C7H9NO4S/c9-5-1-2-6(10)8(5)12-7(11)3-4-13/h13H,1-4H2/p+1. The first-order valence-electron chi connectivity index (χ1n) is 3.84. The van der Waals surface area contributed by atoms with Crippen molar-refractivity contribution in [2.45, 2.75) is 19.3 Å². The highest BCUT2D eigenvalue weighted by atomic mass is 32.1. The molecule has 6 heteroatoms. The molecule has 0 bridgehead atoms. The Balaban J connectivity index is 2.57. The third-order valence-corrected chi connectivity index (χ3v) is 1.76. The average molecular weight is 204 g/mol. The molecule has 0 saturated carbocycles. The molecular formula is C7H10NO4S+. The minimum Gasteiger partial charge on any atom is -0.460 e. The van der Waals surface area contributed by atoms with Gasteiger partial charge in [-0.3, -0.25) is 0 Å². The van der Waals surface area contributed by atoms with Crippen molar-refractivity contribution >= 4 is 30.4 Å². The number of aliphatic hydroxyl groups is 1. The zero-order chi connectivity index (χ0) is 9.84. The quantitative estimate of drug-likeness (QED) is 0.387. The van der Waals surface area contributed by atoms with E-state index in [0.717, 1.165) is 0 Å². The van der Waals surface area contributed by atoms with E-state index in [0.29, 0.717) is 10.5 Å². The van der Waals surface area contributed by atoms with Gasteiger partial charge in [0, 0.05) is 5.75 Å². The van der Waals surface area contributed by atoms with Crippen molar-refractivity contribution in [1.29, 1.82) is 0 Å². The summed E-state index contributed by atoms with van der Waals surface area (Å²) in [5.41, 5.74) is 0. The summed E-state index contributed by atoms with van der Waals surface area (Å²) in [6, 6.07) is 0. The van der Waals surface area contributed by atoms with Crippen molar-refractivity contribution in [1.82, 2.24) is 0 Å². The number of thiol groups is 1. The molecule has 0 spiro atoms. The molecule has 0 unspecified atom stereocenters. The van der Waals surface area contributed by atoms with Crippen LogP contribution in [0.2, 0.25) is 0 Å². The van der Waals surface area contributed by atoms with E-state index in [9.17, 15) is 9.59 Å². The van der Waals surface area contributed by atoms with Crippen LogP contribution in [0.5, 0.6) is 0 Å². The molecule has 0 radical (unpaired) electrons. The van der Waals surface area contributed by atoms with Crippen LogP contribution >= 0.6 is 12.6 Å². The molecule has 0 saturated heterocycles. The van der Waals surface area contributed by atoms with Gasteiger partial charge in [0.05, 0.1) is 24.0 Å². The second-order valence-electron chi connectivity index (χ2n) is 2.54. The Kier molecular flexibility index (Phi) is 3.30. The van der Waals surface area contributed by atoms with E-state index in [1.807, 2.05) is 0 Å². The summed E-state index contributed by atoms with van der Waals surface area (Å²) in [6.07, 6.45) is 0.521. The van der Waals surface area contributed by atoms with Gasteiger partial charge in [0.25, 0.3) is 0 Å². The Hall–Kier alpha value is -1.04. The monoisotopic (exact) mass is 204 g/mol. The van der Waals surface area contributed by atoms with E-state index in [2.05, 4.69) is 17.5 Å². The Morgan fingerprint density at radius 1 is 1.62 bits per heavy atom. The number of hydrogen-bond acceptors (Lipinski definition) is 4. The largest absolute Gasteiger partial charge is 0.460 e. The molecule has 1 N–H and O–H groups in total. The fourth-order valence-corrected chi connectivity index (χ4v) is 1.09. The predicted octanol–water partition coefficient (Wildman–Crippen LogP) is 0.0539. The van der Waals surface area contributed by atoms with Crippen LogP contribution in [0.15, 0.2) is 0 Å². The van der Waals surface area contributed by atoms with E-state index in [4.69, 9.17) is 5.11 Å². The highest BCUT2D eigenvalue weighted by Gasteiger charge is 2.36. The molecule has 0 fully saturated rings. The summed E-state index contributed by atoms with van der Waals surface area (Å²) in [4.78, 5) is 26.5. The van der Waals surface area contributed by atoms with Gasteiger partial charge in [-0.25, -0.2) is 9.59 Å². The first kappa shape index (κ1) is 10.0. The lowest BCUT2D eigenvalue weighted by Crippen LogP contribution is -2.24. The summed E-state index contributed by atoms with van der Waals surface area (Å²) in [6.45, 7) is 0. The van der Waals surface area contributed by atoms with Crippen molar-refractivity contribution in [3.05, 3.63) is 0 Å². The first-order chi connectivity index (χ1) is 6.15. The van der Waals surface area contributed by atoms with Crippen LogP contribution in [0.4, 0.5) is 0 Å². The Morgan fingerprint density at radius 2 is 2.31 bits per heavy atom. The van der Waals surface area contributed by atoms with Crippen molar-refractivity contribution in [2.75, 3.05) is 5.75 Å². The Labute approximate surface area is 80.4 Å². The smallest absolute Gasteiger partial charge is 0.439 e. The average Bonchev–Trinajstić information content (AvgIpc) is 2.36. The highest BCUT2D eigenvalue weighted by molar-refractivity contribution is 7.80. The number of carbonyl (C=O) groups is 2. The van der Waals surface area contributed by atoms with Gasteiger partial charge in [0.2, 0.25) is 0 Å². The number of aliphatic hydroxyl groups excluding tert-OH is 1. The van der Waals surface area contributed by atoms with Gasteiger partial charge in [-0.15, -0.1) is 0 Å². The molecule has 72 valence electrons. The van der Waals surface area contributed by atoms with E-state index in [1.54, 1.807) is 0 Å². The third-order valence-electron chi connectivity index (χ3n) is 1.53. The van der Waals surface area contributed by atoms with E-state index >= 15 is 0 Å². The van der Waals surface area contributed by atoms with Crippen molar-refractivity contribution < 1.29 is 24.3 Å². The molecule has 0 aromatic carbocycles. The molecule has 1 amide bonds. The number of hydrogen-bond donors (Lipinski definition) is 2. The number of nitrogens with zero attached hydrogens (tertiary/aromatic N) is 1. The molecule has 1 rings (SSSR count). The first-order valence-corrected chi connectivity index (χ1v) is 4.48. The molecular weight excluding hydrogens is 194 g/mol. The second-order valence-corrected chi connectivity index (χ2v) is 2.99. The summed E-state index contributed by atoms with van der Waals surface area (Å²) in [5.74, 6) is -0.832. The van der Waals surface area contributed by atoms with Crippen LogP contribution in [0.3, 0.4) is 0 Å². The summed E-state index contributed by atoms with van der Waals surface area (Å²) >= 11 is 3.83. The van der Waals surface area contributed by atoms with E-state index in [-0.39, 0.29) is 25.2 Å². The van der Waals surface area contributed by atoms with Gasteiger partial charge in [0.1, 0.15) is 0 Å². The number of rotatable bonds is 3. The van der Waals surface area contributed by atoms with Gasteiger partial charge in [0.15, 0.2) is 0 Å². The third kappa shape index (κ3) is 2.45. The zero-order valence-corrected chi connectivity index (χ0v) is 7.79. The normalized spacial score (nSPS) is 16.5. The molecule has 0 aromatic rings. The molecule has 1 aliphatic heterocycles. The summed E-state index contributed by atoms with van der Waals surface area (Å²) < 4.78 is 0.645. The number of carbonyl (C=O) groups excluding carboxylic acids is 2. The van der Waals surface area contributed by atoms with Crippen molar-refractivity contribution in [3.63, 3.8) is 0 Å². The van der Waals surface area contributed by atoms with Gasteiger partial charge in [-0.2, -0.15) is 17.5 Å². The van der Waals surface area contributed by atoms with Crippen molar-refractivity contribution in [2.24, 2.45) is 0 Å². The fraction of sp³-hybridized carbons (Fsp3) is 0.571. The fourth-order valence-electron chi connectivity index (χ4n) is 0.908. The molecule has 0 atom stereocenters. The second kappa shape index (κ2) is 4.27. The molecule has 5 nitrogen and oxygen atoms in total. The molecule has 1 heterocycles. The summed E-state index contributed by atoms with van der Waals surface area (Å²) in [7, 11) is 0. The topological polar surface area (TPSA) is 66.6 Å². The highest BCUT2D eigenvalue weighted by Crippen LogP contribution is 2.05. The van der Waals surface area contributed by atoms with Gasteiger partial charge in [-0.05, 0) is 0 Å². The molecule has 13 heavy (non-hydrogen) atoms. The van der Waals surface area contributed by atoms with Crippen LogP contribution in [0, 0.1) is 0 Å². The lowest BCUT2D eigenvalue weighted by Gasteiger charge is -1.93. The maximum atomic E-state index is 11.0. The minimum atomic E-state index is -0.572. The molecule has 0 aromatic heterocycles. The number of amides is 1. The van der Waals surface area contributed by atoms with Crippen LogP contribution in [0.25, 0.3) is 0 Å². The molecule has 1 aliphatic rings. The zero-order valence-electron chi connectivity index (χ0n) is 6.89. The van der Waals surface area contributed by atoms with Crippen LogP contribution < -0.4 is 0 Å². The maximum Gasteiger partial charge on any atom is 0.439 e. The SMILES string of the molecule is O=C(CCS)O[N+]1=C(O)CCC1=O. The van der Waals surface area contributed by atoms with Gasteiger partial charge >= 0.3 is 17.8 Å². The Bertz CT molecular complexity index is 274. The van der Waals surface area contributed by atoms with E-state index in [1.165, 1.54) is 0 Å². The van der Waals surface area contributed by atoms with Crippen LogP contribution in [0.1, 0.15) is 19.3 Å². The Morgan fingerprint density at radius 3 is 2.77 bits per heavy atom. The lowest BCUT2D eigenvalue weighted by molar-refractivity contribution is -0.694. The lowest BCUT2D eigenvalue weighted by atomic mass is 10.4. The van der Waals surface area contributed by atoms with Crippen molar-refractivity contribution in [3.8, 4) is 0 Å². The number of hydroxylamine groups is 1. The predicted molar refractivity (Wildman–Crippen MR) is 46.7 cm³/mol. The maximum absolute atomic E-state index is 11.0.